The minimum atomic E-state index is -0.311. The molecule has 1 aliphatic carbocycles. The van der Waals surface area contributed by atoms with Crippen LogP contribution in [-0.4, -0.2) is 32.9 Å². The number of hydrogen-bond donors (Lipinski definition) is 3. The molecule has 0 aliphatic heterocycles. The van der Waals surface area contributed by atoms with Crippen LogP contribution in [0.25, 0.3) is 5.69 Å². The Labute approximate surface area is 162 Å². The second kappa shape index (κ2) is 7.86. The van der Waals surface area contributed by atoms with Gasteiger partial charge in [-0.2, -0.15) is 0 Å². The molecule has 0 bridgehead atoms. The third-order valence-corrected chi connectivity index (χ3v) is 5.31. The summed E-state index contributed by atoms with van der Waals surface area (Å²) < 4.78 is 1.36. The minimum absolute atomic E-state index is 0.0955. The predicted octanol–water partition coefficient (Wildman–Crippen LogP) is 2.28. The van der Waals surface area contributed by atoms with Gasteiger partial charge in [0.25, 0.3) is 11.5 Å². The number of H-pyrrole nitrogens is 1. The second-order valence-electron chi connectivity index (χ2n) is 7.33. The van der Waals surface area contributed by atoms with E-state index in [1.54, 1.807) is 12.1 Å². The van der Waals surface area contributed by atoms with Crippen molar-refractivity contribution in [2.75, 3.05) is 0 Å². The minimum Gasteiger partial charge on any atom is -0.393 e. The molecule has 1 unspecified atom stereocenters. The van der Waals surface area contributed by atoms with Crippen LogP contribution < -0.4 is 10.9 Å². The lowest BCUT2D eigenvalue weighted by Gasteiger charge is -2.38. The number of carbonyl (C=O) groups excluding carboxylic acids is 1. The molecule has 6 heteroatoms. The van der Waals surface area contributed by atoms with E-state index in [4.69, 9.17) is 0 Å². The van der Waals surface area contributed by atoms with Crippen molar-refractivity contribution in [1.29, 1.82) is 0 Å². The molecule has 3 aromatic rings. The number of nitrogens with one attached hydrogen (secondary N) is 2. The Balaban J connectivity index is 1.52. The standard InChI is InChI=1S/C22H23N3O3/c26-18-12-16(13-18)19(11-15-7-3-1-4-8-15)23-22(28)20-14-21(27)25(24-20)17-9-5-2-6-10-17/h1-10,14,16,18-19,24,26H,11-13H2,(H,23,28). The number of aromatic nitrogens is 2. The molecule has 3 N–H and O–H groups in total. The topological polar surface area (TPSA) is 87.1 Å². The Kier molecular flexibility index (Phi) is 5.12. The summed E-state index contributed by atoms with van der Waals surface area (Å²) in [7, 11) is 0. The van der Waals surface area contributed by atoms with E-state index in [1.807, 2.05) is 48.5 Å². The SMILES string of the molecule is O=C(NC(Cc1ccccc1)C1CC(O)C1)c1cc(=O)n(-c2ccccc2)[nH]1. The number of aliphatic hydroxyl groups excluding tert-OH is 1. The molecule has 1 atom stereocenters. The van der Waals surface area contributed by atoms with E-state index in [1.165, 1.54) is 10.7 Å². The van der Waals surface area contributed by atoms with Crippen molar-refractivity contribution in [3.63, 3.8) is 0 Å². The van der Waals surface area contributed by atoms with Crippen LogP contribution in [0, 0.1) is 5.92 Å². The fraction of sp³-hybridized carbons (Fsp3) is 0.273. The van der Waals surface area contributed by atoms with Crippen molar-refractivity contribution in [2.24, 2.45) is 5.92 Å². The summed E-state index contributed by atoms with van der Waals surface area (Å²) in [6, 6.07) is 20.3. The van der Waals surface area contributed by atoms with Crippen LogP contribution in [0.2, 0.25) is 0 Å². The quantitative estimate of drug-likeness (QED) is 0.616. The highest BCUT2D eigenvalue weighted by atomic mass is 16.3. The molecular weight excluding hydrogens is 354 g/mol. The first-order valence-electron chi connectivity index (χ1n) is 9.50. The van der Waals surface area contributed by atoms with E-state index in [2.05, 4.69) is 10.4 Å². The van der Waals surface area contributed by atoms with E-state index in [0.717, 1.165) is 5.56 Å². The van der Waals surface area contributed by atoms with Crippen molar-refractivity contribution in [3.05, 3.63) is 88.3 Å². The molecule has 144 valence electrons. The maximum Gasteiger partial charge on any atom is 0.271 e. The summed E-state index contributed by atoms with van der Waals surface area (Å²) in [5.74, 6) is -0.0869. The fourth-order valence-corrected chi connectivity index (χ4v) is 3.69. The monoisotopic (exact) mass is 377 g/mol. The van der Waals surface area contributed by atoms with Gasteiger partial charge in [-0.3, -0.25) is 14.7 Å². The van der Waals surface area contributed by atoms with Crippen LogP contribution >= 0.6 is 0 Å². The first-order valence-corrected chi connectivity index (χ1v) is 9.50. The van der Waals surface area contributed by atoms with Gasteiger partial charge in [0.05, 0.1) is 11.8 Å². The molecule has 0 spiro atoms. The van der Waals surface area contributed by atoms with Gasteiger partial charge in [-0.15, -0.1) is 0 Å². The van der Waals surface area contributed by atoms with Gasteiger partial charge in [0.2, 0.25) is 0 Å². The maximum absolute atomic E-state index is 12.8. The number of rotatable bonds is 6. The zero-order valence-corrected chi connectivity index (χ0v) is 15.4. The number of aromatic amines is 1. The van der Waals surface area contributed by atoms with E-state index in [9.17, 15) is 14.7 Å². The van der Waals surface area contributed by atoms with Crippen LogP contribution in [0.5, 0.6) is 0 Å². The van der Waals surface area contributed by atoms with Gasteiger partial charge in [0, 0.05) is 12.1 Å². The Hall–Kier alpha value is -3.12. The number of aliphatic hydroxyl groups is 1. The van der Waals surface area contributed by atoms with E-state index >= 15 is 0 Å². The molecule has 1 aromatic heterocycles. The number of nitrogens with zero attached hydrogens (tertiary/aromatic N) is 1. The number of carbonyl (C=O) groups is 1. The van der Waals surface area contributed by atoms with Gasteiger partial charge < -0.3 is 10.4 Å². The predicted molar refractivity (Wildman–Crippen MR) is 107 cm³/mol. The molecule has 0 saturated heterocycles. The van der Waals surface area contributed by atoms with Crippen LogP contribution in [0.15, 0.2) is 71.5 Å². The van der Waals surface area contributed by atoms with Gasteiger partial charge >= 0.3 is 0 Å². The molecule has 6 nitrogen and oxygen atoms in total. The maximum atomic E-state index is 12.8. The third-order valence-electron chi connectivity index (χ3n) is 5.31. The molecule has 1 amide bonds. The zero-order valence-electron chi connectivity index (χ0n) is 15.4. The van der Waals surface area contributed by atoms with Crippen molar-refractivity contribution in [2.45, 2.75) is 31.4 Å². The average molecular weight is 377 g/mol. The van der Waals surface area contributed by atoms with Crippen molar-refractivity contribution in [3.8, 4) is 5.69 Å². The molecule has 1 heterocycles. The van der Waals surface area contributed by atoms with E-state index in [-0.39, 0.29) is 35.2 Å². The number of para-hydroxylation sites is 1. The van der Waals surface area contributed by atoms with Crippen molar-refractivity contribution >= 4 is 5.91 Å². The van der Waals surface area contributed by atoms with Crippen LogP contribution in [0.4, 0.5) is 0 Å². The van der Waals surface area contributed by atoms with E-state index in [0.29, 0.717) is 24.9 Å². The summed E-state index contributed by atoms with van der Waals surface area (Å²) in [6.45, 7) is 0. The highest BCUT2D eigenvalue weighted by molar-refractivity contribution is 5.92. The summed E-state index contributed by atoms with van der Waals surface area (Å²) in [5.41, 5.74) is 1.75. The smallest absolute Gasteiger partial charge is 0.271 e. The lowest BCUT2D eigenvalue weighted by Crippen LogP contribution is -2.48. The molecule has 2 aromatic carbocycles. The van der Waals surface area contributed by atoms with Gasteiger partial charge in [0.1, 0.15) is 5.69 Å². The van der Waals surface area contributed by atoms with Gasteiger partial charge in [-0.1, -0.05) is 48.5 Å². The number of hydrogen-bond acceptors (Lipinski definition) is 3. The molecule has 1 aliphatic rings. The molecular formula is C22H23N3O3. The van der Waals surface area contributed by atoms with Crippen LogP contribution in [0.3, 0.4) is 0 Å². The third kappa shape index (κ3) is 3.92. The summed E-state index contributed by atoms with van der Waals surface area (Å²) in [6.07, 6.45) is 1.76. The summed E-state index contributed by atoms with van der Waals surface area (Å²) >= 11 is 0. The average Bonchev–Trinajstić information content (AvgIpc) is 3.08. The summed E-state index contributed by atoms with van der Waals surface area (Å²) in [4.78, 5) is 25.1. The molecule has 1 fully saturated rings. The Bertz CT molecular complexity index is 989. The van der Waals surface area contributed by atoms with Gasteiger partial charge in [-0.05, 0) is 42.9 Å². The summed E-state index contributed by atoms with van der Waals surface area (Å²) in [5, 5.41) is 15.6. The zero-order chi connectivity index (χ0) is 19.5. The Morgan fingerprint density at radius 1 is 1.11 bits per heavy atom. The Morgan fingerprint density at radius 2 is 1.75 bits per heavy atom. The molecule has 0 radical (unpaired) electrons. The highest BCUT2D eigenvalue weighted by Gasteiger charge is 2.35. The Morgan fingerprint density at radius 3 is 2.39 bits per heavy atom. The van der Waals surface area contributed by atoms with E-state index < -0.39 is 0 Å². The number of amides is 1. The molecule has 4 rings (SSSR count). The number of benzene rings is 2. The van der Waals surface area contributed by atoms with Crippen LogP contribution in [-0.2, 0) is 6.42 Å². The first-order chi connectivity index (χ1) is 13.6. The first kappa shape index (κ1) is 18.3. The normalized spacial score (nSPS) is 19.6. The van der Waals surface area contributed by atoms with Crippen LogP contribution in [0.1, 0.15) is 28.9 Å². The fourth-order valence-electron chi connectivity index (χ4n) is 3.69. The highest BCUT2D eigenvalue weighted by Crippen LogP contribution is 2.31. The van der Waals surface area contributed by atoms with Crippen molar-refractivity contribution in [1.82, 2.24) is 15.1 Å². The van der Waals surface area contributed by atoms with Crippen molar-refractivity contribution < 1.29 is 9.90 Å². The largest absolute Gasteiger partial charge is 0.393 e. The van der Waals surface area contributed by atoms with Gasteiger partial charge in [0.15, 0.2) is 0 Å². The molecule has 28 heavy (non-hydrogen) atoms. The lowest BCUT2D eigenvalue weighted by molar-refractivity contribution is 0.0238. The van der Waals surface area contributed by atoms with Gasteiger partial charge in [-0.25, -0.2) is 4.68 Å². The lowest BCUT2D eigenvalue weighted by atomic mass is 9.75. The molecule has 1 saturated carbocycles. The second-order valence-corrected chi connectivity index (χ2v) is 7.33.